The van der Waals surface area contributed by atoms with E-state index in [1.807, 2.05) is 54.6 Å². The molecule has 1 spiro atoms. The molecule has 2 aromatic carbocycles. The van der Waals surface area contributed by atoms with Crippen LogP contribution in [-0.2, 0) is 25.8 Å². The third kappa shape index (κ3) is 4.06. The van der Waals surface area contributed by atoms with Crippen LogP contribution in [0.4, 0.5) is 0 Å². The van der Waals surface area contributed by atoms with Crippen molar-refractivity contribution in [3.8, 4) is 0 Å². The van der Waals surface area contributed by atoms with Crippen LogP contribution in [0, 0.1) is 11.8 Å². The average Bonchev–Trinajstić information content (AvgIpc) is 3.66. The minimum Gasteiger partial charge on any atom is -0.466 e. The molecule has 3 unspecified atom stereocenters. The summed E-state index contributed by atoms with van der Waals surface area (Å²) in [5.41, 5.74) is 2.19. The van der Waals surface area contributed by atoms with E-state index in [2.05, 4.69) is 31.6 Å². The molecule has 10 nitrogen and oxygen atoms in total. The number of carbonyl (C=O) groups excluding carboxylic acids is 3. The topological polar surface area (TPSA) is 127 Å². The van der Waals surface area contributed by atoms with E-state index in [1.54, 1.807) is 11.6 Å². The Morgan fingerprint density at radius 2 is 1.97 bits per heavy atom. The molecule has 0 saturated carbocycles. The second kappa shape index (κ2) is 10.2. The molecule has 39 heavy (non-hydrogen) atoms. The van der Waals surface area contributed by atoms with E-state index >= 15 is 0 Å². The molecule has 2 amide bonds. The number of carbonyl (C=O) groups is 3. The van der Waals surface area contributed by atoms with Gasteiger partial charge in [0.1, 0.15) is 18.2 Å². The van der Waals surface area contributed by atoms with Crippen LogP contribution in [0.1, 0.15) is 24.9 Å². The highest BCUT2D eigenvalue weighted by molar-refractivity contribution is 9.09. The van der Waals surface area contributed by atoms with E-state index in [-0.39, 0.29) is 41.8 Å². The number of aliphatic hydroxyl groups excluding tert-OH is 1. The minimum atomic E-state index is -0.920. The number of halogens is 1. The Hall–Kier alpha value is -2.96. The van der Waals surface area contributed by atoms with Gasteiger partial charge in [-0.1, -0.05) is 63.6 Å². The number of amides is 2. The normalized spacial score (nSPS) is 30.0. The van der Waals surface area contributed by atoms with Crippen molar-refractivity contribution in [2.24, 2.45) is 11.8 Å². The van der Waals surface area contributed by atoms with Crippen LogP contribution in [0.3, 0.4) is 0 Å². The molecular weight excluding hydrogens is 586 g/mol. The van der Waals surface area contributed by atoms with Crippen LogP contribution in [0.5, 0.6) is 0 Å². The highest BCUT2D eigenvalue weighted by Crippen LogP contribution is 2.68. The quantitative estimate of drug-likeness (QED) is 0.293. The van der Waals surface area contributed by atoms with Gasteiger partial charge in [-0.05, 0) is 31.0 Å². The number of alkyl halides is 1. The number of hydrogen-bond acceptors (Lipinski definition) is 8. The van der Waals surface area contributed by atoms with Crippen molar-refractivity contribution in [1.82, 2.24) is 25.2 Å². The van der Waals surface area contributed by atoms with Gasteiger partial charge in [0.25, 0.3) is 0 Å². The third-order valence-corrected chi connectivity index (χ3v) is 11.3. The Kier molecular flexibility index (Phi) is 6.88. The SMILES string of the molecule is CCOC(=O)[C@H]1[C@H]2C(=O)N([C@H](CO)c3ccccc3)C(C(=O)NCn3nnc4ccccc43)C23CC(Br)[C@@H]1S3. The first-order valence-electron chi connectivity index (χ1n) is 12.9. The molecule has 3 saturated heterocycles. The fourth-order valence-corrected chi connectivity index (χ4v) is 10.1. The molecule has 6 rings (SSSR count). The van der Waals surface area contributed by atoms with Crippen LogP contribution in [0.15, 0.2) is 54.6 Å². The van der Waals surface area contributed by atoms with Gasteiger partial charge < -0.3 is 20.1 Å². The number of likely N-dealkylation sites (tertiary alicyclic amines) is 1. The zero-order valence-corrected chi connectivity index (χ0v) is 23.5. The van der Waals surface area contributed by atoms with Gasteiger partial charge in [-0.3, -0.25) is 14.4 Å². The lowest BCUT2D eigenvalue weighted by atomic mass is 9.71. The number of esters is 1. The van der Waals surface area contributed by atoms with Gasteiger partial charge >= 0.3 is 5.97 Å². The van der Waals surface area contributed by atoms with E-state index < -0.39 is 34.6 Å². The lowest BCUT2D eigenvalue weighted by Crippen LogP contribution is -2.55. The smallest absolute Gasteiger partial charge is 0.310 e. The number of nitrogens with zero attached hydrogens (tertiary/aromatic N) is 4. The van der Waals surface area contributed by atoms with Crippen LogP contribution in [0.2, 0.25) is 0 Å². The number of aliphatic hydroxyl groups is 1. The maximum absolute atomic E-state index is 14.3. The van der Waals surface area contributed by atoms with Crippen molar-refractivity contribution < 1.29 is 24.2 Å². The molecule has 3 aliphatic rings. The van der Waals surface area contributed by atoms with Gasteiger partial charge in [-0.25, -0.2) is 4.68 Å². The first-order valence-corrected chi connectivity index (χ1v) is 14.7. The summed E-state index contributed by atoms with van der Waals surface area (Å²) in [6.45, 7) is 1.63. The molecule has 4 heterocycles. The Labute approximate surface area is 237 Å². The number of para-hydroxylation sites is 1. The summed E-state index contributed by atoms with van der Waals surface area (Å²) in [5.74, 6) is -2.51. The number of aromatic nitrogens is 3. The Morgan fingerprint density at radius 3 is 2.72 bits per heavy atom. The van der Waals surface area contributed by atoms with Crippen molar-refractivity contribution in [2.75, 3.05) is 13.2 Å². The molecule has 3 fully saturated rings. The molecule has 2 bridgehead atoms. The van der Waals surface area contributed by atoms with Crippen molar-refractivity contribution >= 4 is 56.5 Å². The molecule has 1 aromatic heterocycles. The summed E-state index contributed by atoms with van der Waals surface area (Å²) >= 11 is 5.26. The first-order chi connectivity index (χ1) is 18.9. The standard InChI is InChI=1S/C27H28BrN5O5S/c1-2-38-26(37)20-21-25(36)33(19(13-34)15-8-4-3-5-9-15)23(27(21)12-16(28)22(20)39-27)24(35)29-14-32-18-11-7-6-10-17(18)30-31-32/h3-11,16,19-23,34H,2,12-14H2,1H3,(H,29,35)/t16?,19-,20+,21+,22+,23?,27?/m1/s1. The summed E-state index contributed by atoms with van der Waals surface area (Å²) in [7, 11) is 0. The number of benzene rings is 2. The fraction of sp³-hybridized carbons (Fsp3) is 0.444. The second-order valence-electron chi connectivity index (χ2n) is 10.0. The van der Waals surface area contributed by atoms with E-state index in [9.17, 15) is 19.5 Å². The molecule has 7 atom stereocenters. The molecule has 204 valence electrons. The second-order valence-corrected chi connectivity index (χ2v) is 12.8. The maximum Gasteiger partial charge on any atom is 0.310 e. The number of ether oxygens (including phenoxy) is 1. The van der Waals surface area contributed by atoms with E-state index in [4.69, 9.17) is 4.74 Å². The summed E-state index contributed by atoms with van der Waals surface area (Å²) in [6, 6.07) is 15.0. The van der Waals surface area contributed by atoms with Gasteiger partial charge in [-0.2, -0.15) is 0 Å². The zero-order chi connectivity index (χ0) is 27.3. The van der Waals surface area contributed by atoms with E-state index in [0.29, 0.717) is 17.5 Å². The van der Waals surface area contributed by atoms with Crippen LogP contribution in [0.25, 0.3) is 11.0 Å². The Bertz CT molecular complexity index is 1420. The number of fused-ring (bicyclic) bond motifs is 2. The molecule has 0 radical (unpaired) electrons. The lowest BCUT2D eigenvalue weighted by molar-refractivity contribution is -0.154. The van der Waals surface area contributed by atoms with Crippen molar-refractivity contribution in [1.29, 1.82) is 0 Å². The molecule has 0 aliphatic carbocycles. The Balaban J connectivity index is 1.39. The lowest BCUT2D eigenvalue weighted by Gasteiger charge is -2.37. The van der Waals surface area contributed by atoms with Crippen LogP contribution >= 0.6 is 27.7 Å². The summed E-state index contributed by atoms with van der Waals surface area (Å²) in [5, 5.41) is 21.6. The minimum absolute atomic E-state index is 0.0564. The zero-order valence-electron chi connectivity index (χ0n) is 21.1. The monoisotopic (exact) mass is 613 g/mol. The van der Waals surface area contributed by atoms with E-state index in [1.165, 1.54) is 16.7 Å². The molecular formula is C27H28BrN5O5S. The summed E-state index contributed by atoms with van der Waals surface area (Å²) in [4.78, 5) is 43.0. The van der Waals surface area contributed by atoms with Crippen molar-refractivity contribution in [2.45, 2.75) is 46.9 Å². The van der Waals surface area contributed by atoms with Gasteiger partial charge in [0.15, 0.2) is 0 Å². The number of thioether (sulfide) groups is 1. The number of hydrogen-bond donors (Lipinski definition) is 2. The largest absolute Gasteiger partial charge is 0.466 e. The number of rotatable bonds is 8. The highest BCUT2D eigenvalue weighted by Gasteiger charge is 2.76. The molecule has 2 N–H and O–H groups in total. The Morgan fingerprint density at radius 1 is 1.23 bits per heavy atom. The van der Waals surface area contributed by atoms with Crippen molar-refractivity contribution in [3.63, 3.8) is 0 Å². The molecule has 3 aliphatic heterocycles. The first kappa shape index (κ1) is 26.3. The summed E-state index contributed by atoms with van der Waals surface area (Å²) < 4.78 is 6.15. The number of nitrogens with one attached hydrogen (secondary N) is 1. The fourth-order valence-electron chi connectivity index (χ4n) is 6.52. The predicted molar refractivity (Wildman–Crippen MR) is 148 cm³/mol. The average molecular weight is 615 g/mol. The van der Waals surface area contributed by atoms with Crippen LogP contribution < -0.4 is 5.32 Å². The molecule has 12 heteroatoms. The van der Waals surface area contributed by atoms with Crippen molar-refractivity contribution in [3.05, 3.63) is 60.2 Å². The van der Waals surface area contributed by atoms with Gasteiger partial charge in [0.05, 0.1) is 41.4 Å². The molecule has 3 aromatic rings. The van der Waals surface area contributed by atoms with Gasteiger partial charge in [-0.15, -0.1) is 16.9 Å². The highest BCUT2D eigenvalue weighted by atomic mass is 79.9. The third-order valence-electron chi connectivity index (χ3n) is 8.05. The summed E-state index contributed by atoms with van der Waals surface area (Å²) in [6.07, 6.45) is 0.530. The van der Waals surface area contributed by atoms with Gasteiger partial charge in [0, 0.05) is 10.1 Å². The van der Waals surface area contributed by atoms with Crippen LogP contribution in [-0.4, -0.2) is 76.9 Å². The maximum atomic E-state index is 14.3. The predicted octanol–water partition coefficient (Wildman–Crippen LogP) is 2.27. The van der Waals surface area contributed by atoms with E-state index in [0.717, 1.165) is 5.52 Å². The van der Waals surface area contributed by atoms with Gasteiger partial charge in [0.2, 0.25) is 11.8 Å².